The number of halogens is 2. The van der Waals surface area contributed by atoms with Crippen molar-refractivity contribution in [2.24, 2.45) is 0 Å². The summed E-state index contributed by atoms with van der Waals surface area (Å²) in [6, 6.07) is 0. The van der Waals surface area contributed by atoms with Crippen LogP contribution in [0.4, 0.5) is 0 Å². The van der Waals surface area contributed by atoms with E-state index in [9.17, 15) is 8.42 Å². The summed E-state index contributed by atoms with van der Waals surface area (Å²) in [6.45, 7) is 2.23. The monoisotopic (exact) mass is 404 g/mol. The molecule has 0 saturated heterocycles. The van der Waals surface area contributed by atoms with Crippen LogP contribution in [-0.2, 0) is 9.84 Å². The van der Waals surface area contributed by atoms with Crippen LogP contribution in [0.25, 0.3) is 0 Å². The molecule has 0 aliphatic heterocycles. The Labute approximate surface area is 129 Å². The predicted octanol–water partition coefficient (Wildman–Crippen LogP) is 5.05. The molecule has 0 aromatic heterocycles. The van der Waals surface area contributed by atoms with Gasteiger partial charge >= 0.3 is 0 Å². The van der Waals surface area contributed by atoms with Gasteiger partial charge in [-0.05, 0) is 6.42 Å². The number of hydrogen-bond donors (Lipinski definition) is 0. The number of hydrogen-bond acceptors (Lipinski definition) is 2. The lowest BCUT2D eigenvalue weighted by atomic mass is 10.1. The second-order valence-electron chi connectivity index (χ2n) is 4.88. The summed E-state index contributed by atoms with van der Waals surface area (Å²) in [5.41, 5.74) is 0. The molecule has 0 aliphatic carbocycles. The maximum absolute atomic E-state index is 11.4. The molecule has 0 aromatic rings. The third-order valence-corrected chi connectivity index (χ3v) is 7.52. The lowest BCUT2D eigenvalue weighted by Gasteiger charge is -2.08. The maximum atomic E-state index is 11.4. The third kappa shape index (κ3) is 12.0. The Morgan fingerprint density at radius 2 is 1.44 bits per heavy atom. The van der Waals surface area contributed by atoms with Crippen molar-refractivity contribution in [1.29, 1.82) is 0 Å². The molecular formula is C13H26Br2O2S. The van der Waals surface area contributed by atoms with Gasteiger partial charge < -0.3 is 0 Å². The molecule has 0 aliphatic rings. The van der Waals surface area contributed by atoms with Gasteiger partial charge in [0, 0.05) is 4.83 Å². The first-order valence-corrected chi connectivity index (χ1v) is 10.8. The molecule has 0 fully saturated rings. The van der Waals surface area contributed by atoms with Crippen molar-refractivity contribution in [2.45, 2.75) is 69.5 Å². The Morgan fingerprint density at radius 1 is 0.944 bits per heavy atom. The van der Waals surface area contributed by atoms with Crippen LogP contribution >= 0.6 is 31.9 Å². The zero-order valence-corrected chi connectivity index (χ0v) is 15.3. The summed E-state index contributed by atoms with van der Waals surface area (Å²) in [6.07, 6.45) is 11.3. The molecule has 0 aromatic carbocycles. The van der Waals surface area contributed by atoms with Crippen molar-refractivity contribution >= 4 is 41.7 Å². The molecule has 0 N–H and O–H groups in total. The molecule has 0 rings (SSSR count). The van der Waals surface area contributed by atoms with Crippen LogP contribution < -0.4 is 0 Å². The molecule has 0 heterocycles. The smallest absolute Gasteiger partial charge is 0.161 e. The Bertz CT molecular complexity index is 279. The SMILES string of the molecule is CCCCCCCCCCC(Br)CS(=O)(=O)CBr. The Balaban J connectivity index is 3.38. The number of alkyl halides is 2. The van der Waals surface area contributed by atoms with Gasteiger partial charge in [-0.3, -0.25) is 0 Å². The fraction of sp³-hybridized carbons (Fsp3) is 1.00. The first-order chi connectivity index (χ1) is 8.52. The number of unbranched alkanes of at least 4 members (excludes halogenated alkanes) is 7. The van der Waals surface area contributed by atoms with E-state index in [1.807, 2.05) is 0 Å². The zero-order chi connectivity index (χ0) is 13.9. The quantitative estimate of drug-likeness (QED) is 0.336. The summed E-state index contributed by atoms with van der Waals surface area (Å²) >= 11 is 6.47. The lowest BCUT2D eigenvalue weighted by molar-refractivity contribution is 0.562. The molecule has 2 nitrogen and oxygen atoms in total. The predicted molar refractivity (Wildman–Crippen MR) is 87.5 cm³/mol. The van der Waals surface area contributed by atoms with Crippen molar-refractivity contribution in [2.75, 3.05) is 10.4 Å². The number of sulfone groups is 1. The van der Waals surface area contributed by atoms with E-state index in [1.165, 1.54) is 44.9 Å². The standard InChI is InChI=1S/C13H26Br2O2S/c1-2-3-4-5-6-7-8-9-10-13(15)11-18(16,17)12-14/h13H,2-12H2,1H3. The molecule has 0 spiro atoms. The van der Waals surface area contributed by atoms with Gasteiger partial charge in [0.2, 0.25) is 0 Å². The summed E-state index contributed by atoms with van der Waals surface area (Å²) in [7, 11) is -2.91. The van der Waals surface area contributed by atoms with Crippen molar-refractivity contribution in [1.82, 2.24) is 0 Å². The van der Waals surface area contributed by atoms with Crippen LogP contribution in [-0.4, -0.2) is 23.7 Å². The largest absolute Gasteiger partial charge is 0.228 e. The molecule has 110 valence electrons. The van der Waals surface area contributed by atoms with Gasteiger partial charge in [-0.1, -0.05) is 90.2 Å². The van der Waals surface area contributed by atoms with Crippen molar-refractivity contribution in [3.63, 3.8) is 0 Å². The molecule has 0 bridgehead atoms. The zero-order valence-electron chi connectivity index (χ0n) is 11.3. The first-order valence-electron chi connectivity index (χ1n) is 6.92. The van der Waals surface area contributed by atoms with E-state index in [4.69, 9.17) is 0 Å². The van der Waals surface area contributed by atoms with Gasteiger partial charge in [0.15, 0.2) is 9.84 Å². The first kappa shape index (κ1) is 18.9. The molecule has 5 heteroatoms. The van der Waals surface area contributed by atoms with E-state index in [0.29, 0.717) is 0 Å². The van der Waals surface area contributed by atoms with Gasteiger partial charge in [-0.15, -0.1) is 0 Å². The van der Waals surface area contributed by atoms with Crippen molar-refractivity contribution < 1.29 is 8.42 Å². The van der Waals surface area contributed by atoms with Crippen LogP contribution in [0.1, 0.15) is 64.7 Å². The fourth-order valence-electron chi connectivity index (χ4n) is 1.90. The van der Waals surface area contributed by atoms with Crippen LogP contribution in [0.2, 0.25) is 0 Å². The van der Waals surface area contributed by atoms with E-state index in [-0.39, 0.29) is 15.2 Å². The fourth-order valence-corrected chi connectivity index (χ4v) is 4.80. The van der Waals surface area contributed by atoms with Gasteiger partial charge in [-0.25, -0.2) is 8.42 Å². The van der Waals surface area contributed by atoms with E-state index >= 15 is 0 Å². The van der Waals surface area contributed by atoms with E-state index in [0.717, 1.165) is 12.8 Å². The van der Waals surface area contributed by atoms with Crippen LogP contribution in [0.3, 0.4) is 0 Å². The second-order valence-corrected chi connectivity index (χ2v) is 9.59. The average molecular weight is 406 g/mol. The topological polar surface area (TPSA) is 34.1 Å². The minimum Gasteiger partial charge on any atom is -0.228 e. The minimum absolute atomic E-state index is 0.0690. The van der Waals surface area contributed by atoms with Gasteiger partial charge in [0.05, 0.1) is 5.75 Å². The Morgan fingerprint density at radius 3 is 1.94 bits per heavy atom. The van der Waals surface area contributed by atoms with E-state index in [1.54, 1.807) is 0 Å². The summed E-state index contributed by atoms with van der Waals surface area (Å²) in [5.74, 6) is 0.245. The van der Waals surface area contributed by atoms with E-state index in [2.05, 4.69) is 38.8 Å². The average Bonchev–Trinajstić information content (AvgIpc) is 2.32. The molecule has 0 saturated carbocycles. The normalized spacial score (nSPS) is 13.7. The molecule has 0 amide bonds. The van der Waals surface area contributed by atoms with Gasteiger partial charge in [0.1, 0.15) is 4.66 Å². The van der Waals surface area contributed by atoms with E-state index < -0.39 is 9.84 Å². The second kappa shape index (κ2) is 11.7. The summed E-state index contributed by atoms with van der Waals surface area (Å²) < 4.78 is 22.8. The Hall–Kier alpha value is 0.910. The third-order valence-electron chi connectivity index (χ3n) is 2.97. The van der Waals surface area contributed by atoms with Crippen LogP contribution in [0.15, 0.2) is 0 Å². The molecule has 18 heavy (non-hydrogen) atoms. The van der Waals surface area contributed by atoms with Crippen molar-refractivity contribution in [3.8, 4) is 0 Å². The van der Waals surface area contributed by atoms with Gasteiger partial charge in [-0.2, -0.15) is 0 Å². The highest BCUT2D eigenvalue weighted by molar-refractivity contribution is 9.11. The van der Waals surface area contributed by atoms with Crippen LogP contribution in [0.5, 0.6) is 0 Å². The Kier molecular flexibility index (Phi) is 12.3. The maximum Gasteiger partial charge on any atom is 0.161 e. The highest BCUT2D eigenvalue weighted by Gasteiger charge is 2.15. The summed E-state index contributed by atoms with van der Waals surface area (Å²) in [5, 5.41) is 0. The lowest BCUT2D eigenvalue weighted by Crippen LogP contribution is -2.16. The van der Waals surface area contributed by atoms with Crippen molar-refractivity contribution in [3.05, 3.63) is 0 Å². The van der Waals surface area contributed by atoms with Crippen LogP contribution in [0, 0.1) is 0 Å². The highest BCUT2D eigenvalue weighted by atomic mass is 79.9. The summed E-state index contributed by atoms with van der Waals surface area (Å²) in [4.78, 5) is 0.111. The number of rotatable bonds is 12. The highest BCUT2D eigenvalue weighted by Crippen LogP contribution is 2.16. The molecule has 1 unspecified atom stereocenters. The molecule has 0 radical (unpaired) electrons. The minimum atomic E-state index is -2.91. The molecular weight excluding hydrogens is 380 g/mol. The van der Waals surface area contributed by atoms with Gasteiger partial charge in [0.25, 0.3) is 0 Å². The molecule has 1 atom stereocenters.